The number of aromatic amines is 1. The van der Waals surface area contributed by atoms with Crippen molar-refractivity contribution in [2.24, 2.45) is 5.92 Å². The van der Waals surface area contributed by atoms with Crippen LogP contribution in [0.2, 0.25) is 5.02 Å². The predicted molar refractivity (Wildman–Crippen MR) is 116 cm³/mol. The Morgan fingerprint density at radius 1 is 1.42 bits per heavy atom. The molecule has 0 radical (unpaired) electrons. The first-order valence-electron chi connectivity index (χ1n) is 9.89. The zero-order valence-corrected chi connectivity index (χ0v) is 18.1. The molecule has 164 valence electrons. The molecule has 0 saturated heterocycles. The van der Waals surface area contributed by atoms with Crippen LogP contribution in [-0.4, -0.2) is 33.7 Å². The minimum atomic E-state index is -0.551. The maximum atomic E-state index is 13.2. The predicted octanol–water partition coefficient (Wildman–Crippen LogP) is 3.38. The maximum Gasteiger partial charge on any atom is 0.287 e. The molecule has 1 aliphatic rings. The van der Waals surface area contributed by atoms with E-state index in [0.717, 1.165) is 24.8 Å². The molecule has 3 aromatic rings. The van der Waals surface area contributed by atoms with Crippen molar-refractivity contribution in [3.8, 4) is 0 Å². The van der Waals surface area contributed by atoms with E-state index in [2.05, 4.69) is 15.3 Å². The number of ether oxygens (including phenoxy) is 1. The molecule has 1 amide bonds. The standard InChI is InChI=1S/C21H21ClFN3O4S/c22-15-6-11(2-4-16(15)23)7-24-20(29)18-25-19(28)17-13(10-31-21(17)26-18)9-30-8-12-1-3-14(27)5-12/h2,4,6,10,12,14,27H,1,3,5,7-9H2,(H,24,29)(H,25,26,28). The first kappa shape index (κ1) is 21.9. The molecule has 2 aromatic heterocycles. The number of aromatic nitrogens is 2. The largest absolute Gasteiger partial charge is 0.393 e. The average molecular weight is 466 g/mol. The van der Waals surface area contributed by atoms with Gasteiger partial charge < -0.3 is 20.1 Å². The van der Waals surface area contributed by atoms with E-state index >= 15 is 0 Å². The molecule has 2 unspecified atom stereocenters. The summed E-state index contributed by atoms with van der Waals surface area (Å²) in [6.07, 6.45) is 2.25. The smallest absolute Gasteiger partial charge is 0.287 e. The molecule has 1 saturated carbocycles. The van der Waals surface area contributed by atoms with Gasteiger partial charge >= 0.3 is 0 Å². The monoisotopic (exact) mass is 465 g/mol. The van der Waals surface area contributed by atoms with E-state index < -0.39 is 17.3 Å². The second-order valence-corrected chi connectivity index (χ2v) is 8.90. The summed E-state index contributed by atoms with van der Waals surface area (Å²) < 4.78 is 19.0. The van der Waals surface area contributed by atoms with Crippen molar-refractivity contribution in [1.82, 2.24) is 15.3 Å². The van der Waals surface area contributed by atoms with Crippen LogP contribution in [0.15, 0.2) is 28.4 Å². The molecule has 1 aliphatic carbocycles. The molecule has 1 fully saturated rings. The molecular weight excluding hydrogens is 445 g/mol. The molecule has 31 heavy (non-hydrogen) atoms. The van der Waals surface area contributed by atoms with Crippen LogP contribution in [-0.2, 0) is 17.9 Å². The summed E-state index contributed by atoms with van der Waals surface area (Å²) in [5, 5.41) is 14.4. The van der Waals surface area contributed by atoms with Crippen molar-refractivity contribution in [2.45, 2.75) is 38.5 Å². The minimum Gasteiger partial charge on any atom is -0.393 e. The highest BCUT2D eigenvalue weighted by Crippen LogP contribution is 2.27. The fourth-order valence-electron chi connectivity index (χ4n) is 3.67. The zero-order chi connectivity index (χ0) is 22.0. The van der Waals surface area contributed by atoms with Gasteiger partial charge in [-0.1, -0.05) is 17.7 Å². The lowest BCUT2D eigenvalue weighted by Gasteiger charge is -2.09. The number of carbonyl (C=O) groups is 1. The van der Waals surface area contributed by atoms with E-state index in [1.54, 1.807) is 5.38 Å². The van der Waals surface area contributed by atoms with Gasteiger partial charge in [-0.05, 0) is 48.3 Å². The molecule has 4 rings (SSSR count). The first-order valence-corrected chi connectivity index (χ1v) is 11.1. The molecule has 1 aromatic carbocycles. The van der Waals surface area contributed by atoms with E-state index in [1.807, 2.05) is 0 Å². The Morgan fingerprint density at radius 3 is 3.00 bits per heavy atom. The van der Waals surface area contributed by atoms with Crippen LogP contribution < -0.4 is 10.9 Å². The molecule has 0 aliphatic heterocycles. The number of aliphatic hydroxyl groups excluding tert-OH is 1. The van der Waals surface area contributed by atoms with Gasteiger partial charge in [-0.3, -0.25) is 9.59 Å². The van der Waals surface area contributed by atoms with E-state index in [0.29, 0.717) is 28.3 Å². The van der Waals surface area contributed by atoms with Gasteiger partial charge in [-0.15, -0.1) is 11.3 Å². The molecule has 7 nitrogen and oxygen atoms in total. The van der Waals surface area contributed by atoms with Gasteiger partial charge in [0.25, 0.3) is 11.5 Å². The summed E-state index contributed by atoms with van der Waals surface area (Å²) in [6, 6.07) is 4.16. The number of fused-ring (bicyclic) bond motifs is 1. The van der Waals surface area contributed by atoms with Crippen molar-refractivity contribution in [3.05, 3.63) is 61.7 Å². The van der Waals surface area contributed by atoms with Gasteiger partial charge in [0, 0.05) is 18.7 Å². The molecule has 3 N–H and O–H groups in total. The molecule has 2 heterocycles. The molecule has 0 bridgehead atoms. The third-order valence-electron chi connectivity index (χ3n) is 5.30. The van der Waals surface area contributed by atoms with Gasteiger partial charge in [0.15, 0.2) is 0 Å². The fraction of sp³-hybridized carbons (Fsp3) is 0.381. The van der Waals surface area contributed by atoms with Crippen LogP contribution in [0.4, 0.5) is 4.39 Å². The Bertz CT molecular complexity index is 1170. The number of hydrogen-bond donors (Lipinski definition) is 3. The Kier molecular flexibility index (Phi) is 6.66. The Hall–Kier alpha value is -2.33. The van der Waals surface area contributed by atoms with Gasteiger partial charge in [0.2, 0.25) is 5.82 Å². The normalized spacial score (nSPS) is 18.5. The van der Waals surface area contributed by atoms with E-state index in [9.17, 15) is 19.1 Å². The number of thiophene rings is 1. The van der Waals surface area contributed by atoms with E-state index in [1.165, 1.54) is 29.5 Å². The summed E-state index contributed by atoms with van der Waals surface area (Å²) in [5.41, 5.74) is 0.935. The molecular formula is C21H21ClFN3O4S. The number of hydrogen-bond acceptors (Lipinski definition) is 6. The second-order valence-electron chi connectivity index (χ2n) is 7.63. The first-order chi connectivity index (χ1) is 14.9. The van der Waals surface area contributed by atoms with Crippen molar-refractivity contribution in [1.29, 1.82) is 0 Å². The van der Waals surface area contributed by atoms with Crippen LogP contribution in [0.3, 0.4) is 0 Å². The van der Waals surface area contributed by atoms with Crippen LogP contribution >= 0.6 is 22.9 Å². The van der Waals surface area contributed by atoms with Crippen LogP contribution in [0.5, 0.6) is 0 Å². The van der Waals surface area contributed by atoms with Gasteiger partial charge in [0.1, 0.15) is 10.6 Å². The third kappa shape index (κ3) is 5.12. The highest BCUT2D eigenvalue weighted by molar-refractivity contribution is 7.16. The van der Waals surface area contributed by atoms with Gasteiger partial charge in [0.05, 0.1) is 23.1 Å². The SMILES string of the molecule is O=C(NCc1ccc(F)c(Cl)c1)c1nc2scc(COCC3CCC(O)C3)c2c(=O)[nH]1. The Balaban J connectivity index is 1.41. The highest BCUT2D eigenvalue weighted by Gasteiger charge is 2.23. The van der Waals surface area contributed by atoms with Crippen LogP contribution in [0.25, 0.3) is 10.2 Å². The zero-order valence-electron chi connectivity index (χ0n) is 16.5. The molecule has 0 spiro atoms. The molecule has 10 heteroatoms. The van der Waals surface area contributed by atoms with E-state index in [4.69, 9.17) is 16.3 Å². The number of H-pyrrole nitrogens is 1. The Labute approximate surface area is 186 Å². The summed E-state index contributed by atoms with van der Waals surface area (Å²) in [5.74, 6) is -0.848. The number of benzene rings is 1. The summed E-state index contributed by atoms with van der Waals surface area (Å²) in [6.45, 7) is 0.918. The number of rotatable bonds is 7. The number of nitrogens with one attached hydrogen (secondary N) is 2. The van der Waals surface area contributed by atoms with Crippen LogP contribution in [0.1, 0.15) is 41.0 Å². The third-order valence-corrected chi connectivity index (χ3v) is 6.51. The van der Waals surface area contributed by atoms with Gasteiger partial charge in [-0.25, -0.2) is 9.37 Å². The summed E-state index contributed by atoms with van der Waals surface area (Å²) in [4.78, 5) is 32.3. The maximum absolute atomic E-state index is 13.2. The summed E-state index contributed by atoms with van der Waals surface area (Å²) in [7, 11) is 0. The van der Waals surface area contributed by atoms with Crippen molar-refractivity contribution >= 4 is 39.1 Å². The fourth-order valence-corrected chi connectivity index (χ4v) is 4.80. The number of nitrogens with zero attached hydrogens (tertiary/aromatic N) is 1. The quantitative estimate of drug-likeness (QED) is 0.496. The lowest BCUT2D eigenvalue weighted by Crippen LogP contribution is -2.27. The van der Waals surface area contributed by atoms with Gasteiger partial charge in [-0.2, -0.15) is 0 Å². The summed E-state index contributed by atoms with van der Waals surface area (Å²) >= 11 is 7.02. The van der Waals surface area contributed by atoms with E-state index in [-0.39, 0.29) is 30.1 Å². The number of halogens is 2. The lowest BCUT2D eigenvalue weighted by atomic mass is 10.1. The number of carbonyl (C=O) groups excluding carboxylic acids is 1. The van der Waals surface area contributed by atoms with Crippen molar-refractivity contribution in [2.75, 3.05) is 6.61 Å². The van der Waals surface area contributed by atoms with Crippen molar-refractivity contribution in [3.63, 3.8) is 0 Å². The molecule has 2 atom stereocenters. The minimum absolute atomic E-state index is 0.0304. The highest BCUT2D eigenvalue weighted by atomic mass is 35.5. The Morgan fingerprint density at radius 2 is 2.26 bits per heavy atom. The number of aliphatic hydroxyl groups is 1. The average Bonchev–Trinajstić information content (AvgIpc) is 3.35. The van der Waals surface area contributed by atoms with Crippen molar-refractivity contribution < 1.29 is 19.0 Å². The lowest BCUT2D eigenvalue weighted by molar-refractivity contribution is 0.0829. The number of amides is 1. The topological polar surface area (TPSA) is 104 Å². The van der Waals surface area contributed by atoms with Crippen LogP contribution in [0, 0.1) is 11.7 Å². The second kappa shape index (κ2) is 9.44.